The lowest BCUT2D eigenvalue weighted by atomic mass is 10.1. The van der Waals surface area contributed by atoms with Gasteiger partial charge in [-0.1, -0.05) is 61.5 Å². The molecule has 4 nitrogen and oxygen atoms in total. The molecule has 1 amide bonds. The van der Waals surface area contributed by atoms with Crippen LogP contribution in [-0.4, -0.2) is 11.7 Å². The Kier molecular flexibility index (Phi) is 6.10. The molecular weight excluding hydrogens is 336 g/mol. The van der Waals surface area contributed by atoms with E-state index < -0.39 is 0 Å². The molecule has 136 valence electrons. The van der Waals surface area contributed by atoms with Crippen molar-refractivity contribution >= 4 is 11.7 Å². The molecule has 0 aliphatic rings. The number of hydrogen-bond donors (Lipinski definition) is 1. The summed E-state index contributed by atoms with van der Waals surface area (Å²) in [4.78, 5) is 24.6. The predicted octanol–water partition coefficient (Wildman–Crippen LogP) is 3.35. The van der Waals surface area contributed by atoms with Gasteiger partial charge >= 0.3 is 0 Å². The molecule has 4 heteroatoms. The summed E-state index contributed by atoms with van der Waals surface area (Å²) in [6, 6.07) is 20.9. The van der Waals surface area contributed by atoms with E-state index in [1.165, 1.54) is 5.56 Å². The van der Waals surface area contributed by atoms with E-state index in [0.29, 0.717) is 17.7 Å². The summed E-state index contributed by atoms with van der Waals surface area (Å²) in [6.07, 6.45) is 4.47. The molecule has 0 aliphatic heterocycles. The van der Waals surface area contributed by atoms with Gasteiger partial charge < -0.3 is 5.32 Å². The highest BCUT2D eigenvalue weighted by Crippen LogP contribution is 2.06. The van der Waals surface area contributed by atoms with Crippen LogP contribution in [-0.2, 0) is 19.5 Å². The fraction of sp³-hybridized carbons (Fsp3) is 0.174. The van der Waals surface area contributed by atoms with Gasteiger partial charge in [-0.2, -0.15) is 4.57 Å². The van der Waals surface area contributed by atoms with Crippen LogP contribution >= 0.6 is 0 Å². The zero-order chi connectivity index (χ0) is 19.1. The van der Waals surface area contributed by atoms with Gasteiger partial charge in [-0.3, -0.25) is 9.59 Å². The third-order valence-corrected chi connectivity index (χ3v) is 4.46. The number of carbonyl (C=O) groups excluding carboxylic acids is 2. The van der Waals surface area contributed by atoms with E-state index in [0.717, 1.165) is 12.0 Å². The fourth-order valence-corrected chi connectivity index (χ4v) is 2.78. The van der Waals surface area contributed by atoms with Crippen molar-refractivity contribution in [2.75, 3.05) is 0 Å². The van der Waals surface area contributed by atoms with Crippen LogP contribution in [0.3, 0.4) is 0 Å². The number of ketones is 1. The molecule has 0 spiro atoms. The number of nitrogens with one attached hydrogen (secondary N) is 1. The number of rotatable bonds is 7. The number of nitrogens with zero attached hydrogens (tertiary/aromatic N) is 1. The van der Waals surface area contributed by atoms with E-state index >= 15 is 0 Å². The highest BCUT2D eigenvalue weighted by molar-refractivity contribution is 5.95. The second kappa shape index (κ2) is 8.90. The second-order valence-electron chi connectivity index (χ2n) is 6.40. The first kappa shape index (κ1) is 18.5. The molecule has 0 saturated heterocycles. The Morgan fingerprint density at radius 3 is 2.11 bits per heavy atom. The summed E-state index contributed by atoms with van der Waals surface area (Å²) >= 11 is 0. The van der Waals surface area contributed by atoms with Crippen molar-refractivity contribution in [3.05, 3.63) is 101 Å². The molecule has 0 fully saturated rings. The molecule has 3 aromatic rings. The third-order valence-electron chi connectivity index (χ3n) is 4.46. The monoisotopic (exact) mass is 359 g/mol. The Morgan fingerprint density at radius 2 is 1.48 bits per heavy atom. The standard InChI is InChI=1S/C23H22N2O2/c1-2-18-8-10-20(11-9-18)22(26)17-25-14-12-21(13-15-25)23(27)24-16-19-6-4-3-5-7-19/h3-15H,2,16-17H2,1H3/p+1. The molecule has 1 aromatic heterocycles. The first-order valence-electron chi connectivity index (χ1n) is 9.09. The number of pyridine rings is 1. The van der Waals surface area contributed by atoms with Gasteiger partial charge in [-0.15, -0.1) is 0 Å². The number of Topliss-reactive ketones (excluding diaryl/α,β-unsaturated/α-hetero) is 1. The van der Waals surface area contributed by atoms with Crippen molar-refractivity contribution in [1.82, 2.24) is 5.32 Å². The van der Waals surface area contributed by atoms with Crippen LogP contribution in [0.1, 0.15) is 38.8 Å². The Bertz CT molecular complexity index is 901. The van der Waals surface area contributed by atoms with Crippen LogP contribution in [0.15, 0.2) is 79.1 Å². The van der Waals surface area contributed by atoms with Crippen molar-refractivity contribution in [2.45, 2.75) is 26.4 Å². The Balaban J connectivity index is 1.57. The normalized spacial score (nSPS) is 10.4. The Labute approximate surface area is 159 Å². The zero-order valence-corrected chi connectivity index (χ0v) is 15.4. The first-order valence-corrected chi connectivity index (χ1v) is 9.09. The molecule has 0 atom stereocenters. The van der Waals surface area contributed by atoms with Crippen LogP contribution in [0.25, 0.3) is 0 Å². The SMILES string of the molecule is CCc1ccc(C(=O)C[n+]2ccc(C(=O)NCc3ccccc3)cc2)cc1. The number of benzene rings is 2. The van der Waals surface area contributed by atoms with Gasteiger partial charge in [-0.05, 0) is 17.5 Å². The minimum absolute atomic E-state index is 0.0453. The Morgan fingerprint density at radius 1 is 0.815 bits per heavy atom. The third kappa shape index (κ3) is 5.11. The molecule has 3 rings (SSSR count). The molecule has 1 heterocycles. The lowest BCUT2D eigenvalue weighted by Crippen LogP contribution is -2.37. The zero-order valence-electron chi connectivity index (χ0n) is 15.4. The summed E-state index contributed by atoms with van der Waals surface area (Å²) in [5.74, 6) is -0.0867. The predicted molar refractivity (Wildman–Crippen MR) is 104 cm³/mol. The van der Waals surface area contributed by atoms with E-state index in [-0.39, 0.29) is 18.2 Å². The van der Waals surface area contributed by atoms with Gasteiger partial charge in [0.1, 0.15) is 0 Å². The number of aryl methyl sites for hydroxylation is 1. The van der Waals surface area contributed by atoms with Crippen molar-refractivity contribution in [2.24, 2.45) is 0 Å². The first-order chi connectivity index (χ1) is 13.2. The number of aromatic nitrogens is 1. The lowest BCUT2D eigenvalue weighted by molar-refractivity contribution is -0.683. The molecule has 2 aromatic carbocycles. The van der Waals surface area contributed by atoms with Gasteiger partial charge in [-0.25, -0.2) is 0 Å². The van der Waals surface area contributed by atoms with Gasteiger partial charge in [0.2, 0.25) is 12.3 Å². The van der Waals surface area contributed by atoms with Gasteiger partial charge in [0, 0.05) is 24.2 Å². The average molecular weight is 359 g/mol. The molecule has 0 radical (unpaired) electrons. The molecular formula is C23H23N2O2+. The maximum Gasteiger partial charge on any atom is 0.252 e. The van der Waals surface area contributed by atoms with E-state index in [1.807, 2.05) is 54.6 Å². The molecule has 27 heavy (non-hydrogen) atoms. The summed E-state index contributed by atoms with van der Waals surface area (Å²) in [7, 11) is 0. The summed E-state index contributed by atoms with van der Waals surface area (Å²) in [5, 5.41) is 2.90. The summed E-state index contributed by atoms with van der Waals surface area (Å²) < 4.78 is 1.78. The van der Waals surface area contributed by atoms with Gasteiger partial charge in [0.25, 0.3) is 5.91 Å². The summed E-state index contributed by atoms with van der Waals surface area (Å²) in [6.45, 7) is 2.82. The number of carbonyl (C=O) groups is 2. The van der Waals surface area contributed by atoms with Crippen molar-refractivity contribution in [3.8, 4) is 0 Å². The van der Waals surface area contributed by atoms with Crippen molar-refractivity contribution in [1.29, 1.82) is 0 Å². The largest absolute Gasteiger partial charge is 0.348 e. The minimum Gasteiger partial charge on any atom is -0.348 e. The van der Waals surface area contributed by atoms with Crippen LogP contribution < -0.4 is 9.88 Å². The van der Waals surface area contributed by atoms with Crippen LogP contribution in [0.2, 0.25) is 0 Å². The average Bonchev–Trinajstić information content (AvgIpc) is 2.73. The minimum atomic E-state index is -0.132. The van der Waals surface area contributed by atoms with Crippen LogP contribution in [0, 0.1) is 0 Å². The molecule has 0 unspecified atom stereocenters. The summed E-state index contributed by atoms with van der Waals surface area (Å²) in [5.41, 5.74) is 3.54. The molecule has 0 aliphatic carbocycles. The highest BCUT2D eigenvalue weighted by Gasteiger charge is 2.13. The van der Waals surface area contributed by atoms with E-state index in [1.54, 1.807) is 29.1 Å². The smallest absolute Gasteiger partial charge is 0.252 e. The van der Waals surface area contributed by atoms with Crippen LogP contribution in [0.5, 0.6) is 0 Å². The molecule has 0 saturated carbocycles. The van der Waals surface area contributed by atoms with Gasteiger partial charge in [0.15, 0.2) is 12.4 Å². The van der Waals surface area contributed by atoms with Crippen molar-refractivity contribution < 1.29 is 14.2 Å². The fourth-order valence-electron chi connectivity index (χ4n) is 2.78. The maximum atomic E-state index is 12.4. The van der Waals surface area contributed by atoms with E-state index in [9.17, 15) is 9.59 Å². The second-order valence-corrected chi connectivity index (χ2v) is 6.40. The molecule has 1 N–H and O–H groups in total. The highest BCUT2D eigenvalue weighted by atomic mass is 16.1. The van der Waals surface area contributed by atoms with Crippen molar-refractivity contribution in [3.63, 3.8) is 0 Å². The topological polar surface area (TPSA) is 50.0 Å². The van der Waals surface area contributed by atoms with Gasteiger partial charge in [0.05, 0.1) is 5.56 Å². The maximum absolute atomic E-state index is 12.4. The molecule has 0 bridgehead atoms. The quantitative estimate of drug-likeness (QED) is 0.519. The van der Waals surface area contributed by atoms with E-state index in [2.05, 4.69) is 12.2 Å². The Hall–Kier alpha value is -3.27. The lowest BCUT2D eigenvalue weighted by Gasteiger charge is -2.05. The number of amides is 1. The number of hydrogen-bond acceptors (Lipinski definition) is 2. The van der Waals surface area contributed by atoms with E-state index in [4.69, 9.17) is 0 Å². The van der Waals surface area contributed by atoms with Crippen LogP contribution in [0.4, 0.5) is 0 Å².